The van der Waals surface area contributed by atoms with Crippen molar-refractivity contribution in [2.75, 3.05) is 13.1 Å². The molecule has 1 aromatic heterocycles. The van der Waals surface area contributed by atoms with Crippen molar-refractivity contribution in [3.8, 4) is 0 Å². The molecule has 2 nitrogen and oxygen atoms in total. The van der Waals surface area contributed by atoms with E-state index in [1.165, 1.54) is 0 Å². The van der Waals surface area contributed by atoms with Gasteiger partial charge in [-0.3, -0.25) is 4.90 Å². The predicted molar refractivity (Wildman–Crippen MR) is 75.8 cm³/mol. The Balaban J connectivity index is 2.17. The van der Waals surface area contributed by atoms with Crippen molar-refractivity contribution < 1.29 is 13.2 Å². The van der Waals surface area contributed by atoms with Crippen molar-refractivity contribution in [3.05, 3.63) is 21.9 Å². The molecule has 1 aliphatic heterocycles. The molecule has 0 saturated carbocycles. The summed E-state index contributed by atoms with van der Waals surface area (Å²) in [7, 11) is 0. The highest BCUT2D eigenvalue weighted by atomic mass is 32.1. The molecule has 20 heavy (non-hydrogen) atoms. The summed E-state index contributed by atoms with van der Waals surface area (Å²) >= 11 is 1.62. The fourth-order valence-corrected chi connectivity index (χ4v) is 4.04. The predicted octanol–water partition coefficient (Wildman–Crippen LogP) is 3.72. The number of alkyl halides is 3. The molecule has 1 aromatic rings. The van der Waals surface area contributed by atoms with E-state index in [0.29, 0.717) is 13.0 Å². The molecule has 0 radical (unpaired) electrons. The lowest BCUT2D eigenvalue weighted by molar-refractivity contribution is -0.189. The topological polar surface area (TPSA) is 29.3 Å². The Bertz CT molecular complexity index is 442. The van der Waals surface area contributed by atoms with E-state index in [1.54, 1.807) is 11.3 Å². The minimum atomic E-state index is -4.10. The minimum absolute atomic E-state index is 0.0622. The van der Waals surface area contributed by atoms with Crippen LogP contribution >= 0.6 is 11.3 Å². The molecule has 0 aliphatic carbocycles. The Kier molecular flexibility index (Phi) is 4.76. The molecule has 6 heteroatoms. The molecule has 0 spiro atoms. The van der Waals surface area contributed by atoms with Gasteiger partial charge in [0.25, 0.3) is 0 Å². The Morgan fingerprint density at radius 3 is 2.60 bits per heavy atom. The zero-order valence-electron chi connectivity index (χ0n) is 11.8. The average Bonchev–Trinajstić information content (AvgIpc) is 2.74. The second-order valence-electron chi connectivity index (χ2n) is 5.63. The van der Waals surface area contributed by atoms with E-state index in [4.69, 9.17) is 5.73 Å². The van der Waals surface area contributed by atoms with Gasteiger partial charge in [0.2, 0.25) is 0 Å². The lowest BCUT2D eigenvalue weighted by atomic mass is 9.94. The maximum Gasteiger partial charge on any atom is 0.393 e. The van der Waals surface area contributed by atoms with Crippen LogP contribution in [0.5, 0.6) is 0 Å². The normalized spacial score (nSPS) is 24.6. The number of hydrogen-bond donors (Lipinski definition) is 1. The molecular weight excluding hydrogens is 285 g/mol. The first-order valence-corrected chi connectivity index (χ1v) is 7.73. The maximum atomic E-state index is 12.9. The van der Waals surface area contributed by atoms with Gasteiger partial charge in [-0.05, 0) is 45.4 Å². The molecule has 1 aliphatic rings. The second-order valence-corrected chi connectivity index (χ2v) is 6.95. The van der Waals surface area contributed by atoms with Crippen LogP contribution in [-0.4, -0.2) is 30.2 Å². The van der Waals surface area contributed by atoms with E-state index >= 15 is 0 Å². The molecule has 2 rings (SSSR count). The summed E-state index contributed by atoms with van der Waals surface area (Å²) in [5, 5.41) is 0. The van der Waals surface area contributed by atoms with E-state index in [2.05, 4.69) is 0 Å². The van der Waals surface area contributed by atoms with Crippen LogP contribution in [0.4, 0.5) is 13.2 Å². The van der Waals surface area contributed by atoms with Gasteiger partial charge >= 0.3 is 6.18 Å². The van der Waals surface area contributed by atoms with Crippen molar-refractivity contribution in [2.24, 2.45) is 11.7 Å². The molecule has 1 saturated heterocycles. The highest BCUT2D eigenvalue weighted by molar-refractivity contribution is 7.12. The minimum Gasteiger partial charge on any atom is -0.326 e. The zero-order chi connectivity index (χ0) is 14.9. The van der Waals surface area contributed by atoms with Gasteiger partial charge in [-0.25, -0.2) is 0 Å². The third kappa shape index (κ3) is 3.54. The number of likely N-dealkylation sites (tertiary alicyclic amines) is 1. The van der Waals surface area contributed by atoms with Crippen LogP contribution in [0.2, 0.25) is 0 Å². The first-order chi connectivity index (χ1) is 9.29. The van der Waals surface area contributed by atoms with E-state index in [-0.39, 0.29) is 25.0 Å². The number of hydrogen-bond acceptors (Lipinski definition) is 3. The van der Waals surface area contributed by atoms with Gasteiger partial charge in [-0.2, -0.15) is 13.2 Å². The lowest BCUT2D eigenvalue weighted by Gasteiger charge is -2.40. The van der Waals surface area contributed by atoms with Gasteiger partial charge in [0, 0.05) is 22.3 Å². The molecule has 3 atom stereocenters. The van der Waals surface area contributed by atoms with Gasteiger partial charge in [0.05, 0.1) is 12.0 Å². The Labute approximate surface area is 121 Å². The molecule has 0 amide bonds. The monoisotopic (exact) mass is 306 g/mol. The first kappa shape index (κ1) is 15.8. The average molecular weight is 306 g/mol. The summed E-state index contributed by atoms with van der Waals surface area (Å²) in [6.07, 6.45) is -3.29. The number of halogens is 3. The van der Waals surface area contributed by atoms with Gasteiger partial charge in [-0.1, -0.05) is 0 Å². The first-order valence-electron chi connectivity index (χ1n) is 6.91. The van der Waals surface area contributed by atoms with Crippen LogP contribution in [0.1, 0.15) is 35.6 Å². The van der Waals surface area contributed by atoms with Crippen LogP contribution in [-0.2, 0) is 0 Å². The zero-order valence-corrected chi connectivity index (χ0v) is 12.6. The quantitative estimate of drug-likeness (QED) is 0.922. The second kappa shape index (κ2) is 6.03. The summed E-state index contributed by atoms with van der Waals surface area (Å²) in [6, 6.07) is 3.70. The van der Waals surface area contributed by atoms with Crippen molar-refractivity contribution >= 4 is 11.3 Å². The molecule has 2 heterocycles. The molecule has 114 valence electrons. The molecule has 3 unspecified atom stereocenters. The SMILES string of the molecule is Cc1ccc(C(C(C)N)N2CCCC(C(F)(F)F)C2)s1. The number of nitrogens with zero attached hydrogens (tertiary/aromatic N) is 1. The molecule has 1 fully saturated rings. The number of thiophene rings is 1. The fraction of sp³-hybridized carbons (Fsp3) is 0.714. The van der Waals surface area contributed by atoms with Crippen molar-refractivity contribution in [1.82, 2.24) is 4.90 Å². The molecule has 2 N–H and O–H groups in total. The van der Waals surface area contributed by atoms with Crippen LogP contribution in [0.15, 0.2) is 12.1 Å². The van der Waals surface area contributed by atoms with Gasteiger partial charge < -0.3 is 5.73 Å². The molecule has 0 bridgehead atoms. The summed E-state index contributed by atoms with van der Waals surface area (Å²) in [5.74, 6) is -1.22. The van der Waals surface area contributed by atoms with Crippen LogP contribution in [0, 0.1) is 12.8 Å². The van der Waals surface area contributed by atoms with Crippen LogP contribution < -0.4 is 5.73 Å². The van der Waals surface area contributed by atoms with E-state index in [1.807, 2.05) is 30.9 Å². The fourth-order valence-electron chi connectivity index (χ4n) is 2.91. The highest BCUT2D eigenvalue weighted by Gasteiger charge is 2.43. The molecular formula is C14H21F3N2S. The Morgan fingerprint density at radius 1 is 1.40 bits per heavy atom. The van der Waals surface area contributed by atoms with Crippen LogP contribution in [0.25, 0.3) is 0 Å². The number of aryl methyl sites for hydroxylation is 1. The largest absolute Gasteiger partial charge is 0.393 e. The number of piperidine rings is 1. The van der Waals surface area contributed by atoms with Crippen molar-refractivity contribution in [2.45, 2.75) is 44.9 Å². The van der Waals surface area contributed by atoms with E-state index < -0.39 is 12.1 Å². The van der Waals surface area contributed by atoms with E-state index in [9.17, 15) is 13.2 Å². The lowest BCUT2D eigenvalue weighted by Crippen LogP contribution is -2.47. The summed E-state index contributed by atoms with van der Waals surface area (Å²) in [5.41, 5.74) is 6.05. The van der Waals surface area contributed by atoms with Gasteiger partial charge in [0.1, 0.15) is 0 Å². The standard InChI is InChI=1S/C14H21F3N2S/c1-9-5-6-12(20-9)13(10(2)18)19-7-3-4-11(8-19)14(15,16)17/h5-6,10-11,13H,3-4,7-8,18H2,1-2H3. The highest BCUT2D eigenvalue weighted by Crippen LogP contribution is 2.38. The third-order valence-electron chi connectivity index (χ3n) is 3.86. The summed E-state index contributed by atoms with van der Waals surface area (Å²) < 4.78 is 38.8. The molecule has 0 aromatic carbocycles. The maximum absolute atomic E-state index is 12.9. The summed E-state index contributed by atoms with van der Waals surface area (Å²) in [6.45, 7) is 4.63. The smallest absolute Gasteiger partial charge is 0.326 e. The van der Waals surface area contributed by atoms with Crippen molar-refractivity contribution in [1.29, 1.82) is 0 Å². The number of nitrogens with two attached hydrogens (primary N) is 1. The van der Waals surface area contributed by atoms with Crippen LogP contribution in [0.3, 0.4) is 0 Å². The third-order valence-corrected chi connectivity index (χ3v) is 4.93. The van der Waals surface area contributed by atoms with E-state index in [0.717, 1.165) is 9.75 Å². The Morgan fingerprint density at radius 2 is 2.10 bits per heavy atom. The summed E-state index contributed by atoms with van der Waals surface area (Å²) in [4.78, 5) is 4.15. The Hall–Kier alpha value is -0.590. The van der Waals surface area contributed by atoms with Gasteiger partial charge in [-0.15, -0.1) is 11.3 Å². The van der Waals surface area contributed by atoms with Gasteiger partial charge in [0.15, 0.2) is 0 Å². The number of rotatable bonds is 3. The van der Waals surface area contributed by atoms with Crippen molar-refractivity contribution in [3.63, 3.8) is 0 Å².